The van der Waals surface area contributed by atoms with Crippen LogP contribution in [0.15, 0.2) is 0 Å². The van der Waals surface area contributed by atoms with Crippen LogP contribution in [-0.2, 0) is 0 Å². The number of nitrogens with two attached hydrogens (primary N) is 1. The molecule has 0 aliphatic heterocycles. The quantitative estimate of drug-likeness (QED) is 0.715. The van der Waals surface area contributed by atoms with Gasteiger partial charge in [-0.2, -0.15) is 13.2 Å². The van der Waals surface area contributed by atoms with Gasteiger partial charge in [0.2, 0.25) is 0 Å². The van der Waals surface area contributed by atoms with Crippen molar-refractivity contribution in [1.29, 1.82) is 0 Å². The largest absolute Gasteiger partial charge is 0.389 e. The van der Waals surface area contributed by atoms with Gasteiger partial charge < -0.3 is 5.73 Å². The first-order valence-electron chi connectivity index (χ1n) is 4.71. The maximum absolute atomic E-state index is 12.2. The zero-order chi connectivity index (χ0) is 9.69. The standard InChI is InChI=1S/C9H14F3N/c10-9(11,12)4-8(5-13)2-6-1-7(6)3-8/h6-7H,1-5,13H2. The normalized spacial score (nSPS) is 43.4. The Kier molecular flexibility index (Phi) is 1.88. The van der Waals surface area contributed by atoms with Crippen molar-refractivity contribution in [3.05, 3.63) is 0 Å². The highest BCUT2D eigenvalue weighted by molar-refractivity contribution is 5.04. The molecule has 4 heteroatoms. The van der Waals surface area contributed by atoms with Crippen LogP contribution in [0.1, 0.15) is 25.7 Å². The van der Waals surface area contributed by atoms with Gasteiger partial charge in [0, 0.05) is 0 Å². The van der Waals surface area contributed by atoms with E-state index in [0.29, 0.717) is 24.7 Å². The van der Waals surface area contributed by atoms with Crippen LogP contribution >= 0.6 is 0 Å². The first kappa shape index (κ1) is 9.31. The summed E-state index contributed by atoms with van der Waals surface area (Å²) < 4.78 is 36.7. The van der Waals surface area contributed by atoms with Crippen LogP contribution in [0, 0.1) is 17.3 Å². The van der Waals surface area contributed by atoms with Crippen LogP contribution in [0.25, 0.3) is 0 Å². The molecule has 2 aliphatic carbocycles. The number of alkyl halides is 3. The van der Waals surface area contributed by atoms with Crippen molar-refractivity contribution >= 4 is 0 Å². The van der Waals surface area contributed by atoms with Crippen LogP contribution in [0.5, 0.6) is 0 Å². The van der Waals surface area contributed by atoms with Crippen LogP contribution < -0.4 is 5.73 Å². The van der Waals surface area contributed by atoms with Gasteiger partial charge in [-0.05, 0) is 43.1 Å². The predicted molar refractivity (Wildman–Crippen MR) is 43.0 cm³/mol. The minimum atomic E-state index is -4.05. The monoisotopic (exact) mass is 193 g/mol. The second-order valence-corrected chi connectivity index (χ2v) is 4.66. The molecule has 2 rings (SSSR count). The van der Waals surface area contributed by atoms with E-state index in [-0.39, 0.29) is 6.54 Å². The van der Waals surface area contributed by atoms with Crippen molar-refractivity contribution in [1.82, 2.24) is 0 Å². The van der Waals surface area contributed by atoms with Crippen molar-refractivity contribution < 1.29 is 13.2 Å². The minimum Gasteiger partial charge on any atom is -0.330 e. The van der Waals surface area contributed by atoms with Gasteiger partial charge >= 0.3 is 6.18 Å². The summed E-state index contributed by atoms with van der Waals surface area (Å²) >= 11 is 0. The molecule has 0 aromatic heterocycles. The number of fused-ring (bicyclic) bond motifs is 1. The third-order valence-electron chi connectivity index (χ3n) is 3.47. The van der Waals surface area contributed by atoms with Crippen molar-refractivity contribution in [2.75, 3.05) is 6.54 Å². The molecule has 2 saturated carbocycles. The summed E-state index contributed by atoms with van der Waals surface area (Å²) in [6.45, 7) is 0.194. The highest BCUT2D eigenvalue weighted by Gasteiger charge is 2.56. The van der Waals surface area contributed by atoms with E-state index in [1.165, 1.54) is 0 Å². The molecule has 2 unspecified atom stereocenters. The van der Waals surface area contributed by atoms with Gasteiger partial charge in [-0.25, -0.2) is 0 Å². The molecule has 0 radical (unpaired) electrons. The Labute approximate surface area is 75.5 Å². The van der Waals surface area contributed by atoms with E-state index in [2.05, 4.69) is 0 Å². The molecule has 13 heavy (non-hydrogen) atoms. The average molecular weight is 193 g/mol. The van der Waals surface area contributed by atoms with Crippen molar-refractivity contribution in [2.24, 2.45) is 23.0 Å². The minimum absolute atomic E-state index is 0.194. The van der Waals surface area contributed by atoms with Crippen LogP contribution in [0.4, 0.5) is 13.2 Å². The second-order valence-electron chi connectivity index (χ2n) is 4.66. The number of halogens is 3. The molecule has 0 saturated heterocycles. The summed E-state index contributed by atoms with van der Waals surface area (Å²) in [7, 11) is 0. The highest BCUT2D eigenvalue weighted by Crippen LogP contribution is 2.62. The van der Waals surface area contributed by atoms with E-state index in [4.69, 9.17) is 5.73 Å². The summed E-state index contributed by atoms with van der Waals surface area (Å²) in [5, 5.41) is 0. The molecular weight excluding hydrogens is 179 g/mol. The summed E-state index contributed by atoms with van der Waals surface area (Å²) in [4.78, 5) is 0. The predicted octanol–water partition coefficient (Wildman–Crippen LogP) is 2.31. The molecule has 0 amide bonds. The van der Waals surface area contributed by atoms with Gasteiger partial charge in [0.05, 0.1) is 6.42 Å². The van der Waals surface area contributed by atoms with Crippen molar-refractivity contribution in [3.63, 3.8) is 0 Å². The molecule has 0 heterocycles. The molecule has 2 aliphatic rings. The summed E-state index contributed by atoms with van der Waals surface area (Å²) in [6, 6.07) is 0. The maximum Gasteiger partial charge on any atom is 0.389 e. The highest BCUT2D eigenvalue weighted by atomic mass is 19.4. The first-order valence-corrected chi connectivity index (χ1v) is 4.71. The van der Waals surface area contributed by atoms with Gasteiger partial charge in [-0.15, -0.1) is 0 Å². The summed E-state index contributed by atoms with van der Waals surface area (Å²) in [5.41, 5.74) is 4.85. The molecule has 0 aromatic carbocycles. The summed E-state index contributed by atoms with van der Waals surface area (Å²) in [6.07, 6.45) is -2.18. The maximum atomic E-state index is 12.2. The molecule has 76 valence electrons. The molecule has 0 bridgehead atoms. The fourth-order valence-corrected chi connectivity index (χ4v) is 2.81. The fraction of sp³-hybridized carbons (Fsp3) is 1.00. The van der Waals surface area contributed by atoms with Crippen LogP contribution in [-0.4, -0.2) is 12.7 Å². The number of hydrogen-bond donors (Lipinski definition) is 1. The zero-order valence-corrected chi connectivity index (χ0v) is 7.40. The van der Waals surface area contributed by atoms with Crippen LogP contribution in [0.2, 0.25) is 0 Å². The van der Waals surface area contributed by atoms with E-state index in [9.17, 15) is 13.2 Å². The Morgan fingerprint density at radius 3 is 2.15 bits per heavy atom. The molecule has 2 fully saturated rings. The Hall–Kier alpha value is -0.250. The van der Waals surface area contributed by atoms with Gasteiger partial charge in [0.25, 0.3) is 0 Å². The lowest BCUT2D eigenvalue weighted by atomic mass is 9.80. The zero-order valence-electron chi connectivity index (χ0n) is 7.40. The van der Waals surface area contributed by atoms with Gasteiger partial charge in [-0.3, -0.25) is 0 Å². The second kappa shape index (κ2) is 2.62. The Morgan fingerprint density at radius 1 is 1.23 bits per heavy atom. The Balaban J connectivity index is 2.00. The smallest absolute Gasteiger partial charge is 0.330 e. The van der Waals surface area contributed by atoms with Crippen molar-refractivity contribution in [3.8, 4) is 0 Å². The van der Waals surface area contributed by atoms with Gasteiger partial charge in [-0.1, -0.05) is 0 Å². The molecule has 2 atom stereocenters. The first-order chi connectivity index (χ1) is 5.94. The van der Waals surface area contributed by atoms with E-state index >= 15 is 0 Å². The average Bonchev–Trinajstić information content (AvgIpc) is 2.57. The molecule has 2 N–H and O–H groups in total. The third kappa shape index (κ3) is 1.82. The number of rotatable bonds is 2. The summed E-state index contributed by atoms with van der Waals surface area (Å²) in [5.74, 6) is 1.12. The van der Waals surface area contributed by atoms with Crippen LogP contribution in [0.3, 0.4) is 0 Å². The van der Waals surface area contributed by atoms with E-state index in [0.717, 1.165) is 6.42 Å². The lowest BCUT2D eigenvalue weighted by Crippen LogP contribution is -2.34. The molecule has 1 nitrogen and oxygen atoms in total. The molecule has 0 aromatic rings. The fourth-order valence-electron chi connectivity index (χ4n) is 2.81. The molecular formula is C9H14F3N. The Morgan fingerprint density at radius 2 is 1.77 bits per heavy atom. The van der Waals surface area contributed by atoms with E-state index in [1.54, 1.807) is 0 Å². The SMILES string of the molecule is NCC1(CC(F)(F)F)CC2CC2C1. The van der Waals surface area contributed by atoms with Crippen molar-refractivity contribution in [2.45, 2.75) is 31.9 Å². The lowest BCUT2D eigenvalue weighted by molar-refractivity contribution is -0.158. The molecule has 0 spiro atoms. The lowest BCUT2D eigenvalue weighted by Gasteiger charge is -2.30. The van der Waals surface area contributed by atoms with Gasteiger partial charge in [0.15, 0.2) is 0 Å². The van der Waals surface area contributed by atoms with Gasteiger partial charge in [0.1, 0.15) is 0 Å². The third-order valence-corrected chi connectivity index (χ3v) is 3.47. The van der Waals surface area contributed by atoms with E-state index < -0.39 is 18.0 Å². The topological polar surface area (TPSA) is 26.0 Å². The van der Waals surface area contributed by atoms with E-state index in [1.807, 2.05) is 0 Å². The number of hydrogen-bond acceptors (Lipinski definition) is 1. The Bertz CT molecular complexity index is 201.